The van der Waals surface area contributed by atoms with Crippen LogP contribution in [0.15, 0.2) is 54.7 Å². The molecule has 0 unspecified atom stereocenters. The van der Waals surface area contributed by atoms with E-state index in [2.05, 4.69) is 15.2 Å². The molecular formula is C23H20F3N5O3. The molecule has 0 atom stereocenters. The Morgan fingerprint density at radius 3 is 2.50 bits per heavy atom. The van der Waals surface area contributed by atoms with Gasteiger partial charge in [0.2, 0.25) is 0 Å². The lowest BCUT2D eigenvalue weighted by Gasteiger charge is -2.28. The molecule has 0 saturated carbocycles. The van der Waals surface area contributed by atoms with Gasteiger partial charge in [-0.05, 0) is 42.5 Å². The number of carbonyl (C=O) groups is 2. The van der Waals surface area contributed by atoms with E-state index in [0.29, 0.717) is 23.5 Å². The number of amides is 2. The third kappa shape index (κ3) is 5.35. The Labute approximate surface area is 193 Å². The van der Waals surface area contributed by atoms with E-state index in [1.165, 1.54) is 34.0 Å². The van der Waals surface area contributed by atoms with E-state index in [0.717, 1.165) is 12.1 Å². The fraction of sp³-hybridized carbons (Fsp3) is 0.217. The largest absolute Gasteiger partial charge is 0.573 e. The topological polar surface area (TPSA) is 100 Å². The standard InChI is InChI=1S/C21H14F3N5O3.C2H6/c22-21(23,24)32-16-6-4-15(5-7-16)28-8-9-29-18(20(28)31)17(12-26-29)19(30)27-14-3-1-2-13(10-14)11-25;1-2/h1-7,10,12H,8-9H2,(H,27,30);1-2H3. The van der Waals surface area contributed by atoms with Crippen molar-refractivity contribution in [3.8, 4) is 11.8 Å². The van der Waals surface area contributed by atoms with Crippen LogP contribution in [0.5, 0.6) is 5.75 Å². The van der Waals surface area contributed by atoms with Crippen molar-refractivity contribution in [3.63, 3.8) is 0 Å². The number of fused-ring (bicyclic) bond motifs is 1. The number of rotatable bonds is 4. The van der Waals surface area contributed by atoms with Gasteiger partial charge in [-0.2, -0.15) is 10.4 Å². The molecule has 1 aromatic heterocycles. The Hall–Kier alpha value is -4.33. The second kappa shape index (κ2) is 10.1. The van der Waals surface area contributed by atoms with Crippen molar-refractivity contribution in [2.45, 2.75) is 26.8 Å². The highest BCUT2D eigenvalue weighted by Crippen LogP contribution is 2.28. The first-order chi connectivity index (χ1) is 16.2. The molecule has 11 heteroatoms. The normalized spacial score (nSPS) is 12.7. The lowest BCUT2D eigenvalue weighted by atomic mass is 10.1. The van der Waals surface area contributed by atoms with Crippen LogP contribution in [-0.4, -0.2) is 34.5 Å². The molecule has 2 aromatic carbocycles. The molecule has 1 aliphatic heterocycles. The minimum atomic E-state index is -4.82. The molecule has 0 radical (unpaired) electrons. The van der Waals surface area contributed by atoms with Crippen molar-refractivity contribution < 1.29 is 27.5 Å². The number of nitrogens with zero attached hydrogens (tertiary/aromatic N) is 4. The van der Waals surface area contributed by atoms with Gasteiger partial charge in [0, 0.05) is 17.9 Å². The summed E-state index contributed by atoms with van der Waals surface area (Å²) in [6, 6.07) is 13.1. The maximum absolute atomic E-state index is 13.1. The number of hydrogen-bond acceptors (Lipinski definition) is 5. The minimum Gasteiger partial charge on any atom is -0.406 e. The number of halogens is 3. The number of alkyl halides is 3. The Balaban J connectivity index is 0.00000158. The van der Waals surface area contributed by atoms with Crippen LogP contribution in [0.1, 0.15) is 40.3 Å². The molecule has 3 aromatic rings. The van der Waals surface area contributed by atoms with Crippen molar-refractivity contribution >= 4 is 23.2 Å². The zero-order chi connectivity index (χ0) is 24.9. The summed E-state index contributed by atoms with van der Waals surface area (Å²) in [4.78, 5) is 27.2. The SMILES string of the molecule is CC.N#Cc1cccc(NC(=O)c2cnn3c2C(=O)N(c2ccc(OC(F)(F)F)cc2)CC3)c1. The summed E-state index contributed by atoms with van der Waals surface area (Å²) in [7, 11) is 0. The monoisotopic (exact) mass is 471 g/mol. The molecule has 1 N–H and O–H groups in total. The highest BCUT2D eigenvalue weighted by molar-refractivity contribution is 6.15. The van der Waals surface area contributed by atoms with E-state index in [1.807, 2.05) is 19.9 Å². The molecular weight excluding hydrogens is 451 g/mol. The molecule has 8 nitrogen and oxygen atoms in total. The summed E-state index contributed by atoms with van der Waals surface area (Å²) in [5, 5.41) is 15.7. The van der Waals surface area contributed by atoms with Gasteiger partial charge >= 0.3 is 6.36 Å². The number of carbonyl (C=O) groups excluding carboxylic acids is 2. The lowest BCUT2D eigenvalue weighted by molar-refractivity contribution is -0.274. The van der Waals surface area contributed by atoms with Gasteiger partial charge in [-0.1, -0.05) is 19.9 Å². The van der Waals surface area contributed by atoms with E-state index in [4.69, 9.17) is 5.26 Å². The number of nitrogens with one attached hydrogen (secondary N) is 1. The average molecular weight is 471 g/mol. The van der Waals surface area contributed by atoms with Crippen LogP contribution < -0.4 is 15.0 Å². The average Bonchev–Trinajstić information content (AvgIpc) is 3.26. The van der Waals surface area contributed by atoms with Gasteiger partial charge in [-0.25, -0.2) is 0 Å². The van der Waals surface area contributed by atoms with Crippen LogP contribution in [0, 0.1) is 11.3 Å². The number of benzene rings is 2. The Bertz CT molecular complexity index is 1230. The molecule has 0 aliphatic carbocycles. The van der Waals surface area contributed by atoms with Gasteiger partial charge in [0.15, 0.2) is 0 Å². The van der Waals surface area contributed by atoms with Gasteiger partial charge in [0.25, 0.3) is 11.8 Å². The molecule has 4 rings (SSSR count). The number of ether oxygens (including phenoxy) is 1. The lowest BCUT2D eigenvalue weighted by Crippen LogP contribution is -2.41. The second-order valence-electron chi connectivity index (χ2n) is 6.78. The van der Waals surface area contributed by atoms with E-state index in [-0.39, 0.29) is 17.8 Å². The van der Waals surface area contributed by atoms with Crippen molar-refractivity contribution in [2.75, 3.05) is 16.8 Å². The maximum atomic E-state index is 13.1. The zero-order valence-corrected chi connectivity index (χ0v) is 18.3. The molecule has 176 valence electrons. The van der Waals surface area contributed by atoms with Crippen LogP contribution in [0.2, 0.25) is 0 Å². The predicted octanol–water partition coefficient (Wildman–Crippen LogP) is 4.59. The van der Waals surface area contributed by atoms with Crippen LogP contribution in [0.3, 0.4) is 0 Å². The third-order valence-corrected chi connectivity index (χ3v) is 4.70. The van der Waals surface area contributed by atoms with Crippen LogP contribution in [0.25, 0.3) is 0 Å². The summed E-state index contributed by atoms with van der Waals surface area (Å²) in [6.07, 6.45) is -3.54. The Morgan fingerprint density at radius 2 is 1.85 bits per heavy atom. The van der Waals surface area contributed by atoms with Crippen LogP contribution in [-0.2, 0) is 6.54 Å². The molecule has 2 heterocycles. The molecule has 0 spiro atoms. The number of nitriles is 1. The molecule has 0 saturated heterocycles. The van der Waals surface area contributed by atoms with Gasteiger partial charge in [-0.3, -0.25) is 14.3 Å². The first-order valence-corrected chi connectivity index (χ1v) is 10.3. The van der Waals surface area contributed by atoms with E-state index in [1.54, 1.807) is 18.2 Å². The third-order valence-electron chi connectivity index (χ3n) is 4.70. The smallest absolute Gasteiger partial charge is 0.406 e. The molecule has 1 aliphatic rings. The van der Waals surface area contributed by atoms with Crippen LogP contribution in [0.4, 0.5) is 24.5 Å². The van der Waals surface area contributed by atoms with Crippen molar-refractivity contribution in [1.29, 1.82) is 5.26 Å². The van der Waals surface area contributed by atoms with Gasteiger partial charge in [-0.15, -0.1) is 13.2 Å². The Morgan fingerprint density at radius 1 is 1.15 bits per heavy atom. The number of aromatic nitrogens is 2. The highest BCUT2D eigenvalue weighted by Gasteiger charge is 2.33. The van der Waals surface area contributed by atoms with Crippen LogP contribution >= 0.6 is 0 Å². The number of hydrogen-bond donors (Lipinski definition) is 1. The van der Waals surface area contributed by atoms with E-state index >= 15 is 0 Å². The number of anilines is 2. The van der Waals surface area contributed by atoms with Crippen molar-refractivity contribution in [2.24, 2.45) is 0 Å². The fourth-order valence-electron chi connectivity index (χ4n) is 3.31. The van der Waals surface area contributed by atoms with Crippen molar-refractivity contribution in [1.82, 2.24) is 9.78 Å². The Kier molecular flexibility index (Phi) is 7.21. The summed E-state index contributed by atoms with van der Waals surface area (Å²) >= 11 is 0. The van der Waals surface area contributed by atoms with Crippen molar-refractivity contribution in [3.05, 3.63) is 71.5 Å². The first-order valence-electron chi connectivity index (χ1n) is 10.3. The molecule has 34 heavy (non-hydrogen) atoms. The van der Waals surface area contributed by atoms with E-state index in [9.17, 15) is 22.8 Å². The predicted molar refractivity (Wildman–Crippen MR) is 117 cm³/mol. The van der Waals surface area contributed by atoms with Gasteiger partial charge < -0.3 is 15.0 Å². The first kappa shape index (κ1) is 24.3. The van der Waals surface area contributed by atoms with Gasteiger partial charge in [0.05, 0.1) is 29.9 Å². The quantitative estimate of drug-likeness (QED) is 0.600. The van der Waals surface area contributed by atoms with Gasteiger partial charge in [0.1, 0.15) is 11.4 Å². The summed E-state index contributed by atoms with van der Waals surface area (Å²) < 4.78 is 42.3. The molecule has 2 amide bonds. The summed E-state index contributed by atoms with van der Waals surface area (Å²) in [6.45, 7) is 4.51. The second-order valence-corrected chi connectivity index (χ2v) is 6.78. The summed E-state index contributed by atoms with van der Waals surface area (Å²) in [5.41, 5.74) is 1.19. The zero-order valence-electron chi connectivity index (χ0n) is 18.3. The molecule has 0 fully saturated rings. The minimum absolute atomic E-state index is 0.0408. The fourth-order valence-corrected chi connectivity index (χ4v) is 3.31. The van der Waals surface area contributed by atoms with E-state index < -0.39 is 23.9 Å². The maximum Gasteiger partial charge on any atom is 0.573 e. The molecule has 0 bridgehead atoms. The summed E-state index contributed by atoms with van der Waals surface area (Å²) in [5.74, 6) is -1.50. The highest BCUT2D eigenvalue weighted by atomic mass is 19.4.